The summed E-state index contributed by atoms with van der Waals surface area (Å²) in [5.41, 5.74) is 5.75. The van der Waals surface area contributed by atoms with Gasteiger partial charge in [0, 0.05) is 6.20 Å². The molecule has 0 saturated carbocycles. The van der Waals surface area contributed by atoms with E-state index in [4.69, 9.17) is 5.73 Å². The number of anilines is 1. The molecule has 0 spiro atoms. The van der Waals surface area contributed by atoms with Crippen LogP contribution in [0.2, 0.25) is 0 Å². The van der Waals surface area contributed by atoms with Crippen LogP contribution < -0.4 is 11.1 Å². The zero-order chi connectivity index (χ0) is 12.1. The summed E-state index contributed by atoms with van der Waals surface area (Å²) >= 11 is 0. The Balaban J connectivity index is 2.68. The molecule has 0 aliphatic carbocycles. The Kier molecular flexibility index (Phi) is 4.25. The van der Waals surface area contributed by atoms with Gasteiger partial charge in [0.05, 0.1) is 6.04 Å². The molecule has 1 rings (SSSR count). The van der Waals surface area contributed by atoms with Gasteiger partial charge in [-0.1, -0.05) is 20.3 Å². The molecule has 88 valence electrons. The van der Waals surface area contributed by atoms with E-state index in [2.05, 4.69) is 10.3 Å². The highest BCUT2D eigenvalue weighted by Crippen LogP contribution is 2.19. The van der Waals surface area contributed by atoms with E-state index in [0.29, 0.717) is 0 Å². The Labute approximate surface area is 94.7 Å². The summed E-state index contributed by atoms with van der Waals surface area (Å²) in [4.78, 5) is 15.5. The molecule has 4 N–H and O–H groups in total. The largest absolute Gasteiger partial charge is 0.504 e. The van der Waals surface area contributed by atoms with Crippen molar-refractivity contribution in [1.82, 2.24) is 4.98 Å². The molecule has 0 aromatic carbocycles. The molecule has 0 radical (unpaired) electrons. The van der Waals surface area contributed by atoms with Crippen molar-refractivity contribution in [3.05, 3.63) is 18.3 Å². The van der Waals surface area contributed by atoms with Crippen molar-refractivity contribution in [3.8, 4) is 5.75 Å². The van der Waals surface area contributed by atoms with Gasteiger partial charge in [-0.25, -0.2) is 4.98 Å². The van der Waals surface area contributed by atoms with Gasteiger partial charge in [0.25, 0.3) is 0 Å². The number of aromatic hydroxyl groups is 1. The Hall–Kier alpha value is -1.62. The Morgan fingerprint density at radius 1 is 1.69 bits per heavy atom. The first-order valence-corrected chi connectivity index (χ1v) is 5.26. The molecule has 0 saturated heterocycles. The smallest absolute Gasteiger partial charge is 0.242 e. The first-order valence-electron chi connectivity index (χ1n) is 5.26. The van der Waals surface area contributed by atoms with E-state index in [0.717, 1.165) is 6.42 Å². The number of aromatic nitrogens is 1. The second-order valence-electron chi connectivity index (χ2n) is 3.77. The number of hydrogen-bond donors (Lipinski definition) is 3. The van der Waals surface area contributed by atoms with E-state index in [-0.39, 0.29) is 23.4 Å². The van der Waals surface area contributed by atoms with E-state index >= 15 is 0 Å². The lowest BCUT2D eigenvalue weighted by Gasteiger charge is -2.17. The number of nitrogens with two attached hydrogens (primary N) is 1. The number of nitrogens with one attached hydrogen (secondary N) is 1. The van der Waals surface area contributed by atoms with Gasteiger partial charge >= 0.3 is 0 Å². The predicted molar refractivity (Wildman–Crippen MR) is 62.0 cm³/mol. The number of hydrogen-bond acceptors (Lipinski definition) is 4. The third kappa shape index (κ3) is 2.93. The second kappa shape index (κ2) is 5.46. The minimum Gasteiger partial charge on any atom is -0.504 e. The molecule has 1 aromatic heterocycles. The van der Waals surface area contributed by atoms with Crippen molar-refractivity contribution in [3.63, 3.8) is 0 Å². The number of nitrogens with zero attached hydrogens (tertiary/aromatic N) is 1. The van der Waals surface area contributed by atoms with Gasteiger partial charge in [0.1, 0.15) is 0 Å². The third-order valence-corrected chi connectivity index (χ3v) is 2.59. The van der Waals surface area contributed by atoms with E-state index in [9.17, 15) is 9.90 Å². The summed E-state index contributed by atoms with van der Waals surface area (Å²) in [5, 5.41) is 11.9. The van der Waals surface area contributed by atoms with E-state index in [1.54, 1.807) is 6.07 Å². The van der Waals surface area contributed by atoms with Gasteiger partial charge in [0.15, 0.2) is 11.6 Å². The highest BCUT2D eigenvalue weighted by atomic mass is 16.3. The molecule has 2 unspecified atom stereocenters. The van der Waals surface area contributed by atoms with Gasteiger partial charge in [-0.3, -0.25) is 4.79 Å². The van der Waals surface area contributed by atoms with Crippen LogP contribution in [0, 0.1) is 5.92 Å². The van der Waals surface area contributed by atoms with Crippen LogP contribution in [0.1, 0.15) is 20.3 Å². The van der Waals surface area contributed by atoms with Crippen molar-refractivity contribution in [2.45, 2.75) is 26.3 Å². The van der Waals surface area contributed by atoms with Crippen LogP contribution in [0.4, 0.5) is 5.82 Å². The maximum Gasteiger partial charge on any atom is 0.242 e. The summed E-state index contributed by atoms with van der Waals surface area (Å²) < 4.78 is 0. The quantitative estimate of drug-likeness (QED) is 0.713. The van der Waals surface area contributed by atoms with E-state index in [1.807, 2.05) is 13.8 Å². The zero-order valence-electron chi connectivity index (χ0n) is 9.47. The SMILES string of the molecule is CCC(C)C(N)C(=O)Nc1ncccc1O. The first kappa shape index (κ1) is 12.4. The van der Waals surface area contributed by atoms with Crippen LogP contribution in [0.15, 0.2) is 18.3 Å². The molecular formula is C11H17N3O2. The van der Waals surface area contributed by atoms with Gasteiger partial charge in [-0.15, -0.1) is 0 Å². The fourth-order valence-corrected chi connectivity index (χ4v) is 1.21. The number of rotatable bonds is 4. The van der Waals surface area contributed by atoms with Crippen LogP contribution in [-0.4, -0.2) is 22.0 Å². The molecule has 0 aliphatic heterocycles. The van der Waals surface area contributed by atoms with Crippen molar-refractivity contribution >= 4 is 11.7 Å². The normalized spacial score (nSPS) is 14.2. The van der Waals surface area contributed by atoms with Crippen LogP contribution in [-0.2, 0) is 4.79 Å². The van der Waals surface area contributed by atoms with Gasteiger partial charge < -0.3 is 16.2 Å². The molecule has 1 heterocycles. The van der Waals surface area contributed by atoms with Crippen molar-refractivity contribution < 1.29 is 9.90 Å². The topological polar surface area (TPSA) is 88.2 Å². The number of amides is 1. The van der Waals surface area contributed by atoms with Gasteiger partial charge in [0.2, 0.25) is 5.91 Å². The molecule has 0 bridgehead atoms. The molecule has 1 aromatic rings. The monoisotopic (exact) mass is 223 g/mol. The van der Waals surface area contributed by atoms with Crippen molar-refractivity contribution in [2.75, 3.05) is 5.32 Å². The Bertz CT molecular complexity index is 368. The maximum absolute atomic E-state index is 11.7. The molecule has 5 nitrogen and oxygen atoms in total. The Morgan fingerprint density at radius 2 is 2.38 bits per heavy atom. The molecule has 2 atom stereocenters. The zero-order valence-corrected chi connectivity index (χ0v) is 9.47. The fourth-order valence-electron chi connectivity index (χ4n) is 1.21. The lowest BCUT2D eigenvalue weighted by molar-refractivity contribution is -0.118. The summed E-state index contributed by atoms with van der Waals surface area (Å²) in [6.07, 6.45) is 2.31. The van der Waals surface area contributed by atoms with Gasteiger partial charge in [-0.2, -0.15) is 0 Å². The van der Waals surface area contributed by atoms with Crippen LogP contribution in [0.25, 0.3) is 0 Å². The maximum atomic E-state index is 11.7. The molecule has 0 aliphatic rings. The summed E-state index contributed by atoms with van der Waals surface area (Å²) in [6.45, 7) is 3.87. The molecule has 5 heteroatoms. The Morgan fingerprint density at radius 3 is 2.94 bits per heavy atom. The highest BCUT2D eigenvalue weighted by molar-refractivity contribution is 5.95. The lowest BCUT2D eigenvalue weighted by Crippen LogP contribution is -2.40. The highest BCUT2D eigenvalue weighted by Gasteiger charge is 2.20. The number of carbonyl (C=O) groups is 1. The standard InChI is InChI=1S/C11H17N3O2/c1-3-7(2)9(12)11(16)14-10-8(15)5-4-6-13-10/h4-7,9,15H,3,12H2,1-2H3,(H,13,14,16). The van der Waals surface area contributed by atoms with Crippen LogP contribution >= 0.6 is 0 Å². The average molecular weight is 223 g/mol. The van der Waals surface area contributed by atoms with E-state index in [1.165, 1.54) is 12.3 Å². The van der Waals surface area contributed by atoms with Crippen molar-refractivity contribution in [1.29, 1.82) is 0 Å². The van der Waals surface area contributed by atoms with E-state index < -0.39 is 6.04 Å². The summed E-state index contributed by atoms with van der Waals surface area (Å²) in [6, 6.07) is 2.45. The first-order chi connectivity index (χ1) is 7.56. The summed E-state index contributed by atoms with van der Waals surface area (Å²) in [5.74, 6) is -0.160. The minimum absolute atomic E-state index is 0.0628. The second-order valence-corrected chi connectivity index (χ2v) is 3.77. The molecule has 0 fully saturated rings. The number of pyridine rings is 1. The van der Waals surface area contributed by atoms with Crippen LogP contribution in [0.5, 0.6) is 5.75 Å². The molecule has 1 amide bonds. The average Bonchev–Trinajstić information content (AvgIpc) is 2.30. The third-order valence-electron chi connectivity index (χ3n) is 2.59. The molecule has 16 heavy (non-hydrogen) atoms. The fraction of sp³-hybridized carbons (Fsp3) is 0.455. The molecular weight excluding hydrogens is 206 g/mol. The summed E-state index contributed by atoms with van der Waals surface area (Å²) in [7, 11) is 0. The van der Waals surface area contributed by atoms with Crippen molar-refractivity contribution in [2.24, 2.45) is 11.7 Å². The number of carbonyl (C=O) groups excluding carboxylic acids is 1. The minimum atomic E-state index is -0.591. The van der Waals surface area contributed by atoms with Crippen LogP contribution in [0.3, 0.4) is 0 Å². The predicted octanol–water partition coefficient (Wildman–Crippen LogP) is 1.10. The lowest BCUT2D eigenvalue weighted by atomic mass is 9.99. The van der Waals surface area contributed by atoms with Gasteiger partial charge in [-0.05, 0) is 18.1 Å².